The van der Waals surface area contributed by atoms with E-state index in [2.05, 4.69) is 18.3 Å². The van der Waals surface area contributed by atoms with Gasteiger partial charge in [0.1, 0.15) is 5.75 Å². The van der Waals surface area contributed by atoms with Crippen molar-refractivity contribution in [2.75, 3.05) is 19.0 Å². The molecule has 0 aliphatic carbocycles. The maximum absolute atomic E-state index is 5.31. The second kappa shape index (κ2) is 9.81. The van der Waals surface area contributed by atoms with Crippen LogP contribution >= 0.6 is 0 Å². The standard InChI is InChI=1S/C16H27NO/c1-3-4-5-6-7-8-11-14-17-15-12-9-10-13-16(15)18-2/h9-10,12-13,17H,3-8,11,14H2,1-2H3. The Morgan fingerprint density at radius 3 is 2.33 bits per heavy atom. The van der Waals surface area contributed by atoms with E-state index in [1.54, 1.807) is 7.11 Å². The molecule has 18 heavy (non-hydrogen) atoms. The normalized spacial score (nSPS) is 10.3. The number of hydrogen-bond acceptors (Lipinski definition) is 2. The Balaban J connectivity index is 2.07. The third-order valence-electron chi connectivity index (χ3n) is 3.20. The first-order chi connectivity index (χ1) is 8.88. The fourth-order valence-electron chi connectivity index (χ4n) is 2.10. The van der Waals surface area contributed by atoms with Gasteiger partial charge in [-0.25, -0.2) is 0 Å². The zero-order valence-electron chi connectivity index (χ0n) is 11.9. The molecule has 0 unspecified atom stereocenters. The Morgan fingerprint density at radius 1 is 0.944 bits per heavy atom. The van der Waals surface area contributed by atoms with Crippen LogP contribution in [0.1, 0.15) is 51.9 Å². The highest BCUT2D eigenvalue weighted by Crippen LogP contribution is 2.22. The highest BCUT2D eigenvalue weighted by atomic mass is 16.5. The summed E-state index contributed by atoms with van der Waals surface area (Å²) in [6.07, 6.45) is 9.44. The lowest BCUT2D eigenvalue weighted by atomic mass is 10.1. The maximum Gasteiger partial charge on any atom is 0.141 e. The summed E-state index contributed by atoms with van der Waals surface area (Å²) < 4.78 is 5.31. The molecule has 0 fully saturated rings. The van der Waals surface area contributed by atoms with Crippen molar-refractivity contribution in [1.82, 2.24) is 0 Å². The highest BCUT2D eigenvalue weighted by Gasteiger charge is 1.99. The van der Waals surface area contributed by atoms with Crippen molar-refractivity contribution in [3.8, 4) is 5.75 Å². The molecule has 0 radical (unpaired) electrons. The zero-order valence-corrected chi connectivity index (χ0v) is 11.9. The molecule has 0 heterocycles. The van der Waals surface area contributed by atoms with E-state index in [1.165, 1.54) is 44.9 Å². The van der Waals surface area contributed by atoms with E-state index in [4.69, 9.17) is 4.74 Å². The molecule has 0 bridgehead atoms. The van der Waals surface area contributed by atoms with Crippen LogP contribution in [0.25, 0.3) is 0 Å². The van der Waals surface area contributed by atoms with Crippen LogP contribution in [-0.2, 0) is 0 Å². The summed E-state index contributed by atoms with van der Waals surface area (Å²) in [5.74, 6) is 0.931. The fourth-order valence-corrected chi connectivity index (χ4v) is 2.10. The van der Waals surface area contributed by atoms with Crippen LogP contribution in [0.5, 0.6) is 5.75 Å². The number of benzene rings is 1. The van der Waals surface area contributed by atoms with Gasteiger partial charge in [-0.1, -0.05) is 57.6 Å². The number of ether oxygens (including phenoxy) is 1. The SMILES string of the molecule is CCCCCCCCCNc1ccccc1OC. The Morgan fingerprint density at radius 2 is 1.61 bits per heavy atom. The molecule has 0 aliphatic heterocycles. The van der Waals surface area contributed by atoms with Crippen molar-refractivity contribution in [1.29, 1.82) is 0 Å². The molecule has 0 saturated heterocycles. The fraction of sp³-hybridized carbons (Fsp3) is 0.625. The minimum Gasteiger partial charge on any atom is -0.495 e. The van der Waals surface area contributed by atoms with Crippen molar-refractivity contribution in [2.24, 2.45) is 0 Å². The summed E-state index contributed by atoms with van der Waals surface area (Å²) in [5, 5.41) is 3.44. The molecule has 2 heteroatoms. The van der Waals surface area contributed by atoms with Crippen LogP contribution in [-0.4, -0.2) is 13.7 Å². The summed E-state index contributed by atoms with van der Waals surface area (Å²) in [6, 6.07) is 8.10. The van der Waals surface area contributed by atoms with Crippen LogP contribution in [0.3, 0.4) is 0 Å². The minimum absolute atomic E-state index is 0.931. The molecule has 0 saturated carbocycles. The van der Waals surface area contributed by atoms with E-state index < -0.39 is 0 Å². The summed E-state index contributed by atoms with van der Waals surface area (Å²) in [7, 11) is 1.72. The number of anilines is 1. The Hall–Kier alpha value is -1.18. The predicted molar refractivity (Wildman–Crippen MR) is 79.5 cm³/mol. The molecule has 0 atom stereocenters. The molecule has 0 aromatic heterocycles. The molecule has 1 aromatic carbocycles. The summed E-state index contributed by atoms with van der Waals surface area (Å²) in [6.45, 7) is 3.30. The van der Waals surface area contributed by atoms with Gasteiger partial charge in [0.2, 0.25) is 0 Å². The molecule has 102 valence electrons. The molecular weight excluding hydrogens is 222 g/mol. The number of rotatable bonds is 10. The Labute approximate surface area is 112 Å². The van der Waals surface area contributed by atoms with Gasteiger partial charge >= 0.3 is 0 Å². The number of hydrogen-bond donors (Lipinski definition) is 1. The molecule has 2 nitrogen and oxygen atoms in total. The monoisotopic (exact) mass is 249 g/mol. The van der Waals surface area contributed by atoms with E-state index in [0.29, 0.717) is 0 Å². The molecule has 0 amide bonds. The quantitative estimate of drug-likeness (QED) is 0.598. The van der Waals surface area contributed by atoms with Crippen molar-refractivity contribution < 1.29 is 4.74 Å². The van der Waals surface area contributed by atoms with E-state index in [9.17, 15) is 0 Å². The van der Waals surface area contributed by atoms with Gasteiger partial charge in [-0.05, 0) is 18.6 Å². The summed E-state index contributed by atoms with van der Waals surface area (Å²) >= 11 is 0. The number of para-hydroxylation sites is 2. The summed E-state index contributed by atoms with van der Waals surface area (Å²) in [4.78, 5) is 0. The van der Waals surface area contributed by atoms with Gasteiger partial charge in [0, 0.05) is 6.54 Å². The maximum atomic E-state index is 5.31. The second-order valence-corrected chi connectivity index (χ2v) is 4.75. The minimum atomic E-state index is 0.931. The molecule has 1 aromatic rings. The molecule has 0 aliphatic rings. The van der Waals surface area contributed by atoms with Gasteiger partial charge in [-0.3, -0.25) is 0 Å². The van der Waals surface area contributed by atoms with Gasteiger partial charge < -0.3 is 10.1 Å². The number of unbranched alkanes of at least 4 members (excludes halogenated alkanes) is 6. The average Bonchev–Trinajstić information content (AvgIpc) is 2.42. The van der Waals surface area contributed by atoms with Crippen molar-refractivity contribution in [2.45, 2.75) is 51.9 Å². The third-order valence-corrected chi connectivity index (χ3v) is 3.20. The zero-order chi connectivity index (χ0) is 13.1. The Bertz CT molecular complexity index is 312. The van der Waals surface area contributed by atoms with E-state index >= 15 is 0 Å². The summed E-state index contributed by atoms with van der Waals surface area (Å²) in [5.41, 5.74) is 1.10. The van der Waals surface area contributed by atoms with Crippen LogP contribution in [0.2, 0.25) is 0 Å². The van der Waals surface area contributed by atoms with E-state index in [-0.39, 0.29) is 0 Å². The number of methoxy groups -OCH3 is 1. The first kappa shape index (κ1) is 14.9. The number of nitrogens with one attached hydrogen (secondary N) is 1. The smallest absolute Gasteiger partial charge is 0.141 e. The van der Waals surface area contributed by atoms with Crippen LogP contribution in [0, 0.1) is 0 Å². The van der Waals surface area contributed by atoms with Gasteiger partial charge in [-0.2, -0.15) is 0 Å². The molecular formula is C16H27NO. The van der Waals surface area contributed by atoms with Gasteiger partial charge in [0.05, 0.1) is 12.8 Å². The van der Waals surface area contributed by atoms with E-state index in [0.717, 1.165) is 18.0 Å². The first-order valence-corrected chi connectivity index (χ1v) is 7.25. The van der Waals surface area contributed by atoms with Crippen molar-refractivity contribution >= 4 is 5.69 Å². The lowest BCUT2D eigenvalue weighted by molar-refractivity contribution is 0.416. The van der Waals surface area contributed by atoms with Crippen molar-refractivity contribution in [3.63, 3.8) is 0 Å². The molecule has 0 spiro atoms. The van der Waals surface area contributed by atoms with Crippen LogP contribution < -0.4 is 10.1 Å². The lowest BCUT2D eigenvalue weighted by Crippen LogP contribution is -2.02. The topological polar surface area (TPSA) is 21.3 Å². The van der Waals surface area contributed by atoms with Gasteiger partial charge in [-0.15, -0.1) is 0 Å². The Kier molecular flexibility index (Phi) is 8.11. The molecule has 1 N–H and O–H groups in total. The second-order valence-electron chi connectivity index (χ2n) is 4.75. The predicted octanol–water partition coefficient (Wildman–Crippen LogP) is 4.86. The van der Waals surface area contributed by atoms with E-state index in [1.807, 2.05) is 18.2 Å². The first-order valence-electron chi connectivity index (χ1n) is 7.25. The van der Waals surface area contributed by atoms with Crippen LogP contribution in [0.4, 0.5) is 5.69 Å². The van der Waals surface area contributed by atoms with Crippen molar-refractivity contribution in [3.05, 3.63) is 24.3 Å². The lowest BCUT2D eigenvalue weighted by Gasteiger charge is -2.10. The largest absolute Gasteiger partial charge is 0.495 e. The molecule has 1 rings (SSSR count). The van der Waals surface area contributed by atoms with Gasteiger partial charge in [0.25, 0.3) is 0 Å². The van der Waals surface area contributed by atoms with Gasteiger partial charge in [0.15, 0.2) is 0 Å². The van der Waals surface area contributed by atoms with Crippen LogP contribution in [0.15, 0.2) is 24.3 Å². The highest BCUT2D eigenvalue weighted by molar-refractivity contribution is 5.55. The average molecular weight is 249 g/mol. The third kappa shape index (κ3) is 5.95.